The quantitative estimate of drug-likeness (QED) is 0.630. The maximum Gasteiger partial charge on any atom is 0.270 e. The molecular formula is C15H14N2O3S. The standard InChI is InChI=1S/C15H14N2O3S/c1-3-7-12-10-13(11-18)17(15(12)16-2)21(19,20)14-8-5-4-6-9-14/h3-11H,2H2,1H3/b7-3-. The van der Waals surface area contributed by atoms with Crippen LogP contribution >= 0.6 is 0 Å². The first-order valence-electron chi connectivity index (χ1n) is 6.17. The van der Waals surface area contributed by atoms with Gasteiger partial charge in [-0.05, 0) is 31.8 Å². The zero-order valence-electron chi connectivity index (χ0n) is 11.4. The van der Waals surface area contributed by atoms with E-state index >= 15 is 0 Å². The largest absolute Gasteiger partial charge is 0.296 e. The fourth-order valence-electron chi connectivity index (χ4n) is 2.01. The molecule has 1 aromatic carbocycles. The number of hydrogen-bond donors (Lipinski definition) is 0. The zero-order valence-corrected chi connectivity index (χ0v) is 12.2. The first kappa shape index (κ1) is 14.9. The Labute approximate surface area is 123 Å². The van der Waals surface area contributed by atoms with Crippen molar-refractivity contribution in [2.75, 3.05) is 0 Å². The Morgan fingerprint density at radius 1 is 1.24 bits per heavy atom. The van der Waals surface area contributed by atoms with Gasteiger partial charge in [0.25, 0.3) is 10.0 Å². The van der Waals surface area contributed by atoms with Crippen LogP contribution < -0.4 is 0 Å². The third-order valence-electron chi connectivity index (χ3n) is 2.89. The predicted molar refractivity (Wildman–Crippen MR) is 82.8 cm³/mol. The highest BCUT2D eigenvalue weighted by Crippen LogP contribution is 2.29. The van der Waals surface area contributed by atoms with E-state index in [-0.39, 0.29) is 16.4 Å². The number of carbonyl (C=O) groups excluding carboxylic acids is 1. The van der Waals surface area contributed by atoms with Crippen LogP contribution in [0.4, 0.5) is 5.82 Å². The lowest BCUT2D eigenvalue weighted by atomic mass is 10.3. The van der Waals surface area contributed by atoms with Gasteiger partial charge in [-0.2, -0.15) is 0 Å². The van der Waals surface area contributed by atoms with Gasteiger partial charge < -0.3 is 0 Å². The molecule has 2 aromatic rings. The highest BCUT2D eigenvalue weighted by Gasteiger charge is 2.25. The molecule has 0 aliphatic heterocycles. The summed E-state index contributed by atoms with van der Waals surface area (Å²) < 4.78 is 26.3. The first-order chi connectivity index (χ1) is 10.1. The second kappa shape index (κ2) is 5.88. The Morgan fingerprint density at radius 2 is 1.90 bits per heavy atom. The van der Waals surface area contributed by atoms with E-state index in [0.29, 0.717) is 11.8 Å². The van der Waals surface area contributed by atoms with Crippen LogP contribution in [-0.4, -0.2) is 25.4 Å². The van der Waals surface area contributed by atoms with Gasteiger partial charge in [0.1, 0.15) is 0 Å². The molecule has 1 aromatic heterocycles. The van der Waals surface area contributed by atoms with Gasteiger partial charge in [0.2, 0.25) is 0 Å². The first-order valence-corrected chi connectivity index (χ1v) is 7.61. The average Bonchev–Trinajstić information content (AvgIpc) is 2.87. The van der Waals surface area contributed by atoms with Crippen molar-refractivity contribution in [2.24, 2.45) is 4.99 Å². The van der Waals surface area contributed by atoms with Crippen molar-refractivity contribution in [3.05, 3.63) is 53.7 Å². The smallest absolute Gasteiger partial charge is 0.270 e. The Morgan fingerprint density at radius 3 is 2.43 bits per heavy atom. The van der Waals surface area contributed by atoms with E-state index in [4.69, 9.17) is 0 Å². The molecule has 0 atom stereocenters. The van der Waals surface area contributed by atoms with E-state index in [1.165, 1.54) is 18.2 Å². The number of carbonyl (C=O) groups is 1. The fraction of sp³-hybridized carbons (Fsp3) is 0.0667. The average molecular weight is 302 g/mol. The lowest BCUT2D eigenvalue weighted by Crippen LogP contribution is -2.15. The summed E-state index contributed by atoms with van der Waals surface area (Å²) in [4.78, 5) is 15.1. The molecule has 6 heteroatoms. The normalized spacial score (nSPS) is 11.7. The molecule has 0 saturated heterocycles. The summed E-state index contributed by atoms with van der Waals surface area (Å²) >= 11 is 0. The second-order valence-corrected chi connectivity index (χ2v) is 5.99. The monoisotopic (exact) mass is 302 g/mol. The van der Waals surface area contributed by atoms with Crippen LogP contribution in [0, 0.1) is 0 Å². The molecule has 0 spiro atoms. The maximum atomic E-state index is 12.7. The van der Waals surface area contributed by atoms with Crippen LogP contribution in [0.15, 0.2) is 52.4 Å². The van der Waals surface area contributed by atoms with Crippen molar-refractivity contribution in [3.8, 4) is 0 Å². The van der Waals surface area contributed by atoms with Crippen molar-refractivity contribution in [1.29, 1.82) is 0 Å². The van der Waals surface area contributed by atoms with Crippen LogP contribution in [0.25, 0.3) is 6.08 Å². The number of aromatic nitrogens is 1. The molecule has 0 radical (unpaired) electrons. The van der Waals surface area contributed by atoms with Crippen LogP contribution in [0.1, 0.15) is 23.0 Å². The Hall–Kier alpha value is -2.47. The number of aldehydes is 1. The summed E-state index contributed by atoms with van der Waals surface area (Å²) in [5, 5.41) is 0. The van der Waals surface area contributed by atoms with Crippen molar-refractivity contribution in [1.82, 2.24) is 3.97 Å². The molecule has 5 nitrogen and oxygen atoms in total. The second-order valence-electron chi connectivity index (χ2n) is 4.21. The van der Waals surface area contributed by atoms with Crippen LogP contribution in [0.2, 0.25) is 0 Å². The minimum absolute atomic E-state index is 0.00866. The summed E-state index contributed by atoms with van der Waals surface area (Å²) in [7, 11) is -3.90. The number of aliphatic imine (C=N–C) groups is 1. The third-order valence-corrected chi connectivity index (χ3v) is 4.62. The minimum Gasteiger partial charge on any atom is -0.296 e. The van der Waals surface area contributed by atoms with Crippen molar-refractivity contribution < 1.29 is 13.2 Å². The SMILES string of the molecule is C=Nc1c(/C=C\C)cc(C=O)n1S(=O)(=O)c1ccccc1. The lowest BCUT2D eigenvalue weighted by Gasteiger charge is -2.09. The molecule has 0 unspecified atom stereocenters. The predicted octanol–water partition coefficient (Wildman–Crippen LogP) is 2.90. The number of hydrogen-bond acceptors (Lipinski definition) is 4. The van der Waals surface area contributed by atoms with Gasteiger partial charge in [-0.15, -0.1) is 0 Å². The molecule has 0 aliphatic rings. The number of benzene rings is 1. The number of allylic oxidation sites excluding steroid dienone is 1. The molecule has 108 valence electrons. The minimum atomic E-state index is -3.90. The molecule has 0 aliphatic carbocycles. The third kappa shape index (κ3) is 2.57. The Balaban J connectivity index is 2.79. The van der Waals surface area contributed by atoms with Gasteiger partial charge in [-0.25, -0.2) is 17.4 Å². The molecule has 0 bridgehead atoms. The van der Waals surface area contributed by atoms with Crippen molar-refractivity contribution in [3.63, 3.8) is 0 Å². The topological polar surface area (TPSA) is 68.5 Å². The van der Waals surface area contributed by atoms with E-state index in [1.54, 1.807) is 37.3 Å². The van der Waals surface area contributed by atoms with Gasteiger partial charge in [0.15, 0.2) is 12.1 Å². The van der Waals surface area contributed by atoms with Crippen LogP contribution in [0.3, 0.4) is 0 Å². The molecular weight excluding hydrogens is 288 g/mol. The van der Waals surface area contributed by atoms with Gasteiger partial charge in [0, 0.05) is 5.56 Å². The highest BCUT2D eigenvalue weighted by atomic mass is 32.2. The van der Waals surface area contributed by atoms with Gasteiger partial charge in [-0.3, -0.25) is 4.79 Å². The van der Waals surface area contributed by atoms with Crippen molar-refractivity contribution in [2.45, 2.75) is 11.8 Å². The van der Waals surface area contributed by atoms with E-state index in [1.807, 2.05) is 0 Å². The molecule has 21 heavy (non-hydrogen) atoms. The molecule has 0 N–H and O–H groups in total. The van der Waals surface area contributed by atoms with Gasteiger partial charge >= 0.3 is 0 Å². The summed E-state index contributed by atoms with van der Waals surface area (Å²) in [6.07, 6.45) is 3.90. The fourth-order valence-corrected chi connectivity index (χ4v) is 3.49. The summed E-state index contributed by atoms with van der Waals surface area (Å²) in [6.45, 7) is 5.19. The Bertz CT molecular complexity index is 803. The van der Waals surface area contributed by atoms with E-state index < -0.39 is 10.0 Å². The molecule has 1 heterocycles. The molecule has 0 fully saturated rings. The zero-order chi connectivity index (χ0) is 15.5. The molecule has 2 rings (SSSR count). The molecule has 0 saturated carbocycles. The summed E-state index contributed by atoms with van der Waals surface area (Å²) in [5.41, 5.74) is 0.531. The Kier molecular flexibility index (Phi) is 4.18. The van der Waals surface area contributed by atoms with Crippen molar-refractivity contribution >= 4 is 34.9 Å². The van der Waals surface area contributed by atoms with Crippen LogP contribution in [-0.2, 0) is 10.0 Å². The number of rotatable bonds is 5. The van der Waals surface area contributed by atoms with Gasteiger partial charge in [-0.1, -0.05) is 30.4 Å². The highest BCUT2D eigenvalue weighted by molar-refractivity contribution is 7.90. The number of nitrogens with zero attached hydrogens (tertiary/aromatic N) is 2. The summed E-state index contributed by atoms with van der Waals surface area (Å²) in [5.74, 6) is 0.124. The van der Waals surface area contributed by atoms with Gasteiger partial charge in [0.05, 0.1) is 10.6 Å². The lowest BCUT2D eigenvalue weighted by molar-refractivity contribution is 0.111. The maximum absolute atomic E-state index is 12.7. The molecule has 0 amide bonds. The van der Waals surface area contributed by atoms with E-state index in [9.17, 15) is 13.2 Å². The van der Waals surface area contributed by atoms with E-state index in [0.717, 1.165) is 3.97 Å². The summed E-state index contributed by atoms with van der Waals surface area (Å²) in [6, 6.07) is 9.35. The van der Waals surface area contributed by atoms with E-state index in [2.05, 4.69) is 11.7 Å². The van der Waals surface area contributed by atoms with Crippen LogP contribution in [0.5, 0.6) is 0 Å².